The summed E-state index contributed by atoms with van der Waals surface area (Å²) in [5, 5.41) is 0. The van der Waals surface area contributed by atoms with Crippen molar-refractivity contribution in [1.29, 1.82) is 0 Å². The predicted molar refractivity (Wildman–Crippen MR) is 63.5 cm³/mol. The van der Waals surface area contributed by atoms with E-state index in [1.807, 2.05) is 14.1 Å². The Morgan fingerprint density at radius 1 is 0.688 bits per heavy atom. The molecule has 2 aliphatic heterocycles. The van der Waals surface area contributed by atoms with E-state index >= 15 is 0 Å². The van der Waals surface area contributed by atoms with Gasteiger partial charge in [-0.25, -0.2) is 0 Å². The third-order valence-corrected chi connectivity index (χ3v) is 3.09. The minimum Gasteiger partial charge on any atom is -0.305 e. The van der Waals surface area contributed by atoms with Gasteiger partial charge in [-0.2, -0.15) is 0 Å². The van der Waals surface area contributed by atoms with Gasteiger partial charge in [0, 0.05) is 51.9 Å². The van der Waals surface area contributed by atoms with Crippen LogP contribution in [0.1, 0.15) is 25.7 Å². The molecule has 0 unspecified atom stereocenters. The van der Waals surface area contributed by atoms with Crippen LogP contribution in [-0.4, -0.2) is 61.6 Å². The maximum absolute atomic E-state index is 10.6. The van der Waals surface area contributed by atoms with Gasteiger partial charge in [-0.3, -0.25) is 9.59 Å². The lowest BCUT2D eigenvalue weighted by Crippen LogP contribution is -2.29. The summed E-state index contributed by atoms with van der Waals surface area (Å²) >= 11 is 0. The van der Waals surface area contributed by atoms with E-state index in [0.717, 1.165) is 51.9 Å². The lowest BCUT2D eigenvalue weighted by molar-refractivity contribution is -0.122. The predicted octanol–water partition coefficient (Wildman–Crippen LogP) is 0.562. The average molecular weight is 226 g/mol. The molecule has 16 heavy (non-hydrogen) atoms. The summed E-state index contributed by atoms with van der Waals surface area (Å²) in [7, 11) is 4.10. The van der Waals surface area contributed by atoms with Gasteiger partial charge in [-0.05, 0) is 14.1 Å². The minimum absolute atomic E-state index is 0.420. The Labute approximate surface area is 97.6 Å². The summed E-state index contributed by atoms with van der Waals surface area (Å²) in [4.78, 5) is 25.5. The number of rotatable bonds is 0. The molecule has 0 amide bonds. The van der Waals surface area contributed by atoms with Crippen molar-refractivity contribution in [2.45, 2.75) is 25.7 Å². The number of carbonyl (C=O) groups excluding carboxylic acids is 2. The summed E-state index contributed by atoms with van der Waals surface area (Å²) in [5.41, 5.74) is 0. The molecular formula is C12H22N2O2. The number of hydrogen-bond acceptors (Lipinski definition) is 4. The van der Waals surface area contributed by atoms with Gasteiger partial charge in [0.1, 0.15) is 11.6 Å². The van der Waals surface area contributed by atoms with Crippen molar-refractivity contribution in [2.75, 3.05) is 40.3 Å². The maximum Gasteiger partial charge on any atom is 0.135 e. The van der Waals surface area contributed by atoms with Gasteiger partial charge < -0.3 is 9.80 Å². The van der Waals surface area contributed by atoms with Crippen molar-refractivity contribution in [3.63, 3.8) is 0 Å². The van der Waals surface area contributed by atoms with Gasteiger partial charge in [0.25, 0.3) is 0 Å². The van der Waals surface area contributed by atoms with Crippen LogP contribution < -0.4 is 0 Å². The summed E-state index contributed by atoms with van der Waals surface area (Å²) in [6, 6.07) is 0. The molecule has 0 spiro atoms. The Balaban J connectivity index is 0.000000160. The lowest BCUT2D eigenvalue weighted by atomic mass is 10.1. The lowest BCUT2D eigenvalue weighted by Gasteiger charge is -2.19. The van der Waals surface area contributed by atoms with Gasteiger partial charge in [-0.1, -0.05) is 0 Å². The summed E-state index contributed by atoms with van der Waals surface area (Å²) in [5.74, 6) is 0.839. The fraction of sp³-hybridized carbons (Fsp3) is 0.833. The van der Waals surface area contributed by atoms with Gasteiger partial charge in [0.2, 0.25) is 0 Å². The van der Waals surface area contributed by atoms with E-state index < -0.39 is 0 Å². The fourth-order valence-electron chi connectivity index (χ4n) is 1.74. The smallest absolute Gasteiger partial charge is 0.135 e. The Morgan fingerprint density at radius 3 is 1.12 bits per heavy atom. The molecule has 0 radical (unpaired) electrons. The molecule has 0 bridgehead atoms. The van der Waals surface area contributed by atoms with Crippen LogP contribution in [0.15, 0.2) is 0 Å². The number of carbonyl (C=O) groups is 2. The Kier molecular flexibility index (Phi) is 5.63. The number of Topliss-reactive ketones (excluding diaryl/α,β-unsaturated/α-hetero) is 2. The molecule has 0 aliphatic carbocycles. The molecule has 2 heterocycles. The number of hydrogen-bond donors (Lipinski definition) is 0. The van der Waals surface area contributed by atoms with E-state index in [1.54, 1.807) is 0 Å². The third kappa shape index (κ3) is 5.37. The first-order valence-corrected chi connectivity index (χ1v) is 5.98. The van der Waals surface area contributed by atoms with Gasteiger partial charge >= 0.3 is 0 Å². The van der Waals surface area contributed by atoms with Crippen LogP contribution in [0, 0.1) is 0 Å². The minimum atomic E-state index is 0.420. The van der Waals surface area contributed by atoms with Crippen LogP contribution in [0.5, 0.6) is 0 Å². The number of likely N-dealkylation sites (tertiary alicyclic amines) is 2. The standard InChI is InChI=1S/2C6H11NO/c2*1-7-4-2-6(8)3-5-7/h2*2-5H2,1H3. The van der Waals surface area contributed by atoms with E-state index in [0.29, 0.717) is 11.6 Å². The molecular weight excluding hydrogens is 204 g/mol. The van der Waals surface area contributed by atoms with E-state index in [9.17, 15) is 9.59 Å². The van der Waals surface area contributed by atoms with Crippen molar-refractivity contribution in [3.8, 4) is 0 Å². The second-order valence-corrected chi connectivity index (χ2v) is 4.68. The molecule has 0 aromatic heterocycles. The Bertz CT molecular complexity index is 207. The molecule has 0 atom stereocenters. The van der Waals surface area contributed by atoms with Crippen molar-refractivity contribution >= 4 is 11.6 Å². The number of ketones is 2. The highest BCUT2D eigenvalue weighted by Gasteiger charge is 2.11. The quantitative estimate of drug-likeness (QED) is 0.605. The van der Waals surface area contributed by atoms with Gasteiger partial charge in [0.05, 0.1) is 0 Å². The van der Waals surface area contributed by atoms with Crippen LogP contribution in [0.3, 0.4) is 0 Å². The zero-order valence-corrected chi connectivity index (χ0v) is 10.4. The second-order valence-electron chi connectivity index (χ2n) is 4.68. The molecule has 0 N–H and O–H groups in total. The van der Waals surface area contributed by atoms with E-state index in [2.05, 4.69) is 9.80 Å². The molecule has 92 valence electrons. The maximum atomic E-state index is 10.6. The molecule has 2 aliphatic rings. The molecule has 4 heteroatoms. The summed E-state index contributed by atoms with van der Waals surface area (Å²) < 4.78 is 0. The summed E-state index contributed by atoms with van der Waals surface area (Å²) in [6.07, 6.45) is 3.04. The first-order valence-electron chi connectivity index (χ1n) is 5.98. The normalized spacial score (nSPS) is 23.9. The van der Waals surface area contributed by atoms with Crippen LogP contribution in [0.2, 0.25) is 0 Å². The molecule has 0 aromatic carbocycles. The highest BCUT2D eigenvalue weighted by Crippen LogP contribution is 2.01. The summed E-state index contributed by atoms with van der Waals surface area (Å²) in [6.45, 7) is 3.83. The topological polar surface area (TPSA) is 40.6 Å². The first kappa shape index (κ1) is 13.3. The van der Waals surface area contributed by atoms with Crippen molar-refractivity contribution < 1.29 is 9.59 Å². The average Bonchev–Trinajstić information content (AvgIpc) is 2.28. The first-order chi connectivity index (χ1) is 7.58. The van der Waals surface area contributed by atoms with Crippen molar-refractivity contribution in [2.24, 2.45) is 0 Å². The van der Waals surface area contributed by atoms with Crippen LogP contribution in [0.4, 0.5) is 0 Å². The third-order valence-electron chi connectivity index (χ3n) is 3.09. The van der Waals surface area contributed by atoms with Gasteiger partial charge in [0.15, 0.2) is 0 Å². The van der Waals surface area contributed by atoms with Crippen LogP contribution in [-0.2, 0) is 9.59 Å². The fourth-order valence-corrected chi connectivity index (χ4v) is 1.74. The monoisotopic (exact) mass is 226 g/mol. The van der Waals surface area contributed by atoms with Crippen molar-refractivity contribution in [1.82, 2.24) is 9.80 Å². The van der Waals surface area contributed by atoms with Crippen LogP contribution in [0.25, 0.3) is 0 Å². The van der Waals surface area contributed by atoms with E-state index in [4.69, 9.17) is 0 Å². The zero-order valence-electron chi connectivity index (χ0n) is 10.4. The Morgan fingerprint density at radius 2 is 0.938 bits per heavy atom. The number of piperidine rings is 2. The highest BCUT2D eigenvalue weighted by atomic mass is 16.1. The molecule has 4 nitrogen and oxygen atoms in total. The molecule has 0 saturated carbocycles. The van der Waals surface area contributed by atoms with Gasteiger partial charge in [-0.15, -0.1) is 0 Å². The Hall–Kier alpha value is -0.740. The molecule has 0 aromatic rings. The highest BCUT2D eigenvalue weighted by molar-refractivity contribution is 5.79. The molecule has 2 rings (SSSR count). The van der Waals surface area contributed by atoms with E-state index in [1.165, 1.54) is 0 Å². The second kappa shape index (κ2) is 6.76. The SMILES string of the molecule is CN1CCC(=O)CC1.CN1CCC(=O)CC1. The molecule has 2 saturated heterocycles. The van der Waals surface area contributed by atoms with E-state index in [-0.39, 0.29) is 0 Å². The number of nitrogens with zero attached hydrogens (tertiary/aromatic N) is 2. The molecule has 2 fully saturated rings. The largest absolute Gasteiger partial charge is 0.305 e. The van der Waals surface area contributed by atoms with Crippen molar-refractivity contribution in [3.05, 3.63) is 0 Å². The van der Waals surface area contributed by atoms with Crippen LogP contribution >= 0.6 is 0 Å². The zero-order chi connectivity index (χ0) is 12.0.